The molecule has 0 fully saturated rings. The van der Waals surface area contributed by atoms with Gasteiger partial charge in [-0.2, -0.15) is 0 Å². The molecule has 0 saturated heterocycles. The molecule has 2 aromatic carbocycles. The minimum absolute atomic E-state index is 0.288. The average molecular weight is 295 g/mol. The molecule has 0 aliphatic carbocycles. The van der Waals surface area contributed by atoms with Crippen molar-refractivity contribution >= 4 is 5.97 Å². The zero-order chi connectivity index (χ0) is 15.6. The van der Waals surface area contributed by atoms with Gasteiger partial charge in [-0.3, -0.25) is 4.79 Å². The zero-order valence-electron chi connectivity index (χ0n) is 10.8. The SMILES string of the molecule is NC(CC(=O)O)c1ccc(F)c(-c2c(F)cccc2F)c1. The van der Waals surface area contributed by atoms with Crippen LogP contribution in [0.25, 0.3) is 11.1 Å². The molecular weight excluding hydrogens is 283 g/mol. The van der Waals surface area contributed by atoms with Crippen molar-refractivity contribution in [1.82, 2.24) is 0 Å². The van der Waals surface area contributed by atoms with Crippen molar-refractivity contribution in [1.29, 1.82) is 0 Å². The van der Waals surface area contributed by atoms with Gasteiger partial charge >= 0.3 is 5.97 Å². The summed E-state index contributed by atoms with van der Waals surface area (Å²) in [6.45, 7) is 0. The average Bonchev–Trinajstić information content (AvgIpc) is 2.39. The lowest BCUT2D eigenvalue weighted by Gasteiger charge is -2.13. The summed E-state index contributed by atoms with van der Waals surface area (Å²) >= 11 is 0. The van der Waals surface area contributed by atoms with Crippen LogP contribution in [0.4, 0.5) is 13.2 Å². The number of rotatable bonds is 4. The van der Waals surface area contributed by atoms with Crippen molar-refractivity contribution in [2.75, 3.05) is 0 Å². The predicted octanol–water partition coefficient (Wildman–Crippen LogP) is 3.25. The standard InChI is InChI=1S/C15H12F3NO2/c16-10-5-4-8(13(19)7-14(20)21)6-9(10)15-11(17)2-1-3-12(15)18/h1-6,13H,7,19H2,(H,20,21). The van der Waals surface area contributed by atoms with Crippen LogP contribution in [0.1, 0.15) is 18.0 Å². The lowest BCUT2D eigenvalue weighted by atomic mass is 9.97. The van der Waals surface area contributed by atoms with Gasteiger partial charge in [0.15, 0.2) is 0 Å². The minimum Gasteiger partial charge on any atom is -0.481 e. The molecule has 1 atom stereocenters. The van der Waals surface area contributed by atoms with Crippen LogP contribution in [0.5, 0.6) is 0 Å². The number of benzene rings is 2. The van der Waals surface area contributed by atoms with Crippen LogP contribution in [-0.4, -0.2) is 11.1 Å². The first-order valence-electron chi connectivity index (χ1n) is 6.11. The summed E-state index contributed by atoms with van der Waals surface area (Å²) in [5.41, 5.74) is 5.18. The van der Waals surface area contributed by atoms with Crippen LogP contribution < -0.4 is 5.73 Å². The molecule has 3 N–H and O–H groups in total. The molecule has 6 heteroatoms. The normalized spacial score (nSPS) is 12.2. The van der Waals surface area contributed by atoms with Gasteiger partial charge in [0.1, 0.15) is 17.5 Å². The van der Waals surface area contributed by atoms with Crippen LogP contribution >= 0.6 is 0 Å². The fourth-order valence-electron chi connectivity index (χ4n) is 2.03. The molecule has 110 valence electrons. The topological polar surface area (TPSA) is 63.3 Å². The Morgan fingerprint density at radius 3 is 2.29 bits per heavy atom. The van der Waals surface area contributed by atoms with Crippen LogP contribution in [0.15, 0.2) is 36.4 Å². The van der Waals surface area contributed by atoms with Crippen molar-refractivity contribution in [3.05, 3.63) is 59.4 Å². The molecule has 0 heterocycles. The number of nitrogens with two attached hydrogens (primary N) is 1. The second kappa shape index (κ2) is 5.97. The Morgan fingerprint density at radius 1 is 1.10 bits per heavy atom. The van der Waals surface area contributed by atoms with Crippen molar-refractivity contribution < 1.29 is 23.1 Å². The molecule has 0 aliphatic heterocycles. The second-order valence-electron chi connectivity index (χ2n) is 4.54. The number of carbonyl (C=O) groups is 1. The lowest BCUT2D eigenvalue weighted by Crippen LogP contribution is -2.15. The number of carboxylic acids is 1. The van der Waals surface area contributed by atoms with E-state index in [4.69, 9.17) is 10.8 Å². The smallest absolute Gasteiger partial charge is 0.305 e. The van der Waals surface area contributed by atoms with Crippen molar-refractivity contribution in [2.24, 2.45) is 5.73 Å². The van der Waals surface area contributed by atoms with E-state index in [1.165, 1.54) is 18.2 Å². The zero-order valence-corrected chi connectivity index (χ0v) is 10.8. The van der Waals surface area contributed by atoms with E-state index in [1.54, 1.807) is 0 Å². The fraction of sp³-hybridized carbons (Fsp3) is 0.133. The van der Waals surface area contributed by atoms with E-state index in [1.807, 2.05) is 0 Å². The Labute approximate surface area is 118 Å². The van der Waals surface area contributed by atoms with Crippen LogP contribution in [0.3, 0.4) is 0 Å². The van der Waals surface area contributed by atoms with Crippen molar-refractivity contribution in [2.45, 2.75) is 12.5 Å². The highest BCUT2D eigenvalue weighted by Gasteiger charge is 2.18. The monoisotopic (exact) mass is 295 g/mol. The summed E-state index contributed by atoms with van der Waals surface area (Å²) in [7, 11) is 0. The highest BCUT2D eigenvalue weighted by atomic mass is 19.1. The molecule has 0 amide bonds. The lowest BCUT2D eigenvalue weighted by molar-refractivity contribution is -0.137. The van der Waals surface area contributed by atoms with Gasteiger partial charge in [0.05, 0.1) is 12.0 Å². The molecule has 0 spiro atoms. The van der Waals surface area contributed by atoms with Crippen molar-refractivity contribution in [3.8, 4) is 11.1 Å². The van der Waals surface area contributed by atoms with Gasteiger partial charge in [-0.25, -0.2) is 13.2 Å². The van der Waals surface area contributed by atoms with Crippen LogP contribution in [0.2, 0.25) is 0 Å². The summed E-state index contributed by atoms with van der Waals surface area (Å²) in [6.07, 6.45) is -0.370. The third-order valence-corrected chi connectivity index (χ3v) is 3.05. The van der Waals surface area contributed by atoms with Crippen LogP contribution in [0, 0.1) is 17.5 Å². The third kappa shape index (κ3) is 3.22. The minimum atomic E-state index is -1.12. The van der Waals surface area contributed by atoms with E-state index >= 15 is 0 Å². The molecule has 1 unspecified atom stereocenters. The Balaban J connectivity index is 2.52. The van der Waals surface area contributed by atoms with Gasteiger partial charge in [0.25, 0.3) is 0 Å². The second-order valence-corrected chi connectivity index (χ2v) is 4.54. The van der Waals surface area contributed by atoms with E-state index in [2.05, 4.69) is 0 Å². The van der Waals surface area contributed by atoms with Gasteiger partial charge in [-0.1, -0.05) is 12.1 Å². The summed E-state index contributed by atoms with van der Waals surface area (Å²) in [4.78, 5) is 10.6. The van der Waals surface area contributed by atoms with Crippen LogP contribution in [-0.2, 0) is 4.79 Å². The number of carboxylic acid groups (broad SMARTS) is 1. The Morgan fingerprint density at radius 2 is 1.71 bits per heavy atom. The van der Waals surface area contributed by atoms with Crippen molar-refractivity contribution in [3.63, 3.8) is 0 Å². The predicted molar refractivity (Wildman–Crippen MR) is 70.9 cm³/mol. The molecule has 0 saturated carbocycles. The summed E-state index contributed by atoms with van der Waals surface area (Å²) in [5.74, 6) is -3.74. The molecule has 0 aromatic heterocycles. The molecule has 0 radical (unpaired) electrons. The van der Waals surface area contributed by atoms with E-state index in [-0.39, 0.29) is 17.5 Å². The van der Waals surface area contributed by atoms with E-state index in [0.29, 0.717) is 0 Å². The van der Waals surface area contributed by atoms with Gasteiger partial charge in [0.2, 0.25) is 0 Å². The molecule has 0 bridgehead atoms. The first kappa shape index (κ1) is 15.1. The highest BCUT2D eigenvalue weighted by Crippen LogP contribution is 2.30. The number of hydrogen-bond donors (Lipinski definition) is 2. The molecule has 21 heavy (non-hydrogen) atoms. The maximum absolute atomic E-state index is 13.9. The largest absolute Gasteiger partial charge is 0.481 e. The Kier molecular flexibility index (Phi) is 4.28. The quantitative estimate of drug-likeness (QED) is 0.910. The number of halogens is 3. The fourth-order valence-corrected chi connectivity index (χ4v) is 2.03. The van der Waals surface area contributed by atoms with Gasteiger partial charge in [-0.15, -0.1) is 0 Å². The molecule has 2 rings (SSSR count). The van der Waals surface area contributed by atoms with Gasteiger partial charge < -0.3 is 10.8 Å². The molecule has 2 aromatic rings. The summed E-state index contributed by atoms with van der Waals surface area (Å²) < 4.78 is 41.3. The Hall–Kier alpha value is -2.34. The molecule has 3 nitrogen and oxygen atoms in total. The molecular formula is C15H12F3NO2. The van der Waals surface area contributed by atoms with E-state index in [0.717, 1.165) is 18.2 Å². The maximum Gasteiger partial charge on any atom is 0.305 e. The first-order chi connectivity index (χ1) is 9.90. The van der Waals surface area contributed by atoms with E-state index in [9.17, 15) is 18.0 Å². The van der Waals surface area contributed by atoms with E-state index < -0.39 is 35.0 Å². The number of hydrogen-bond acceptors (Lipinski definition) is 2. The summed E-state index contributed by atoms with van der Waals surface area (Å²) in [6, 6.07) is 5.79. The Bertz CT molecular complexity index is 668. The van der Waals surface area contributed by atoms with Gasteiger partial charge in [0, 0.05) is 11.6 Å². The molecule has 0 aliphatic rings. The number of aliphatic carboxylic acids is 1. The maximum atomic E-state index is 13.9. The third-order valence-electron chi connectivity index (χ3n) is 3.05. The van der Waals surface area contributed by atoms with Gasteiger partial charge in [-0.05, 0) is 29.8 Å². The summed E-state index contributed by atoms with van der Waals surface area (Å²) in [5, 5.41) is 8.70. The highest BCUT2D eigenvalue weighted by molar-refractivity contribution is 5.69. The first-order valence-corrected chi connectivity index (χ1v) is 6.11.